The number of carboxylic acids is 1. The first-order chi connectivity index (χ1) is 8.49. The molecule has 1 saturated carbocycles. The van der Waals surface area contributed by atoms with Crippen molar-refractivity contribution in [2.45, 2.75) is 12.8 Å². The summed E-state index contributed by atoms with van der Waals surface area (Å²) in [6.07, 6.45) is 0.716. The number of ether oxygens (including phenoxy) is 1. The maximum absolute atomic E-state index is 11.9. The highest BCUT2D eigenvalue weighted by atomic mass is 35.5. The quantitative estimate of drug-likeness (QED) is 0.821. The van der Waals surface area contributed by atoms with Gasteiger partial charge in [0, 0.05) is 5.02 Å². The molecule has 0 aliphatic heterocycles. The molecule has 1 aliphatic carbocycles. The summed E-state index contributed by atoms with van der Waals surface area (Å²) in [5, 5.41) is 12.0. The van der Waals surface area contributed by atoms with Crippen LogP contribution >= 0.6 is 11.6 Å². The first-order valence-electron chi connectivity index (χ1n) is 5.38. The number of benzene rings is 1. The smallest absolute Gasteiger partial charge is 0.319 e. The van der Waals surface area contributed by atoms with Crippen LogP contribution in [0.1, 0.15) is 12.8 Å². The van der Waals surface area contributed by atoms with Crippen LogP contribution in [-0.2, 0) is 9.59 Å². The second kappa shape index (κ2) is 4.49. The van der Waals surface area contributed by atoms with E-state index in [1.54, 1.807) is 12.1 Å². The van der Waals surface area contributed by atoms with E-state index in [-0.39, 0.29) is 0 Å². The lowest BCUT2D eigenvalue weighted by Crippen LogP contribution is -2.31. The molecule has 2 rings (SSSR count). The largest absolute Gasteiger partial charge is 0.495 e. The van der Waals surface area contributed by atoms with E-state index < -0.39 is 17.3 Å². The Morgan fingerprint density at radius 3 is 2.61 bits per heavy atom. The van der Waals surface area contributed by atoms with E-state index in [9.17, 15) is 9.59 Å². The Morgan fingerprint density at radius 1 is 1.44 bits per heavy atom. The summed E-state index contributed by atoms with van der Waals surface area (Å²) >= 11 is 5.83. The average Bonchev–Trinajstić information content (AvgIpc) is 3.10. The Labute approximate surface area is 109 Å². The van der Waals surface area contributed by atoms with Crippen molar-refractivity contribution >= 4 is 29.2 Å². The van der Waals surface area contributed by atoms with Gasteiger partial charge in [-0.05, 0) is 31.0 Å². The average molecular weight is 270 g/mol. The normalized spacial score (nSPS) is 15.9. The van der Waals surface area contributed by atoms with Gasteiger partial charge < -0.3 is 15.2 Å². The van der Waals surface area contributed by atoms with E-state index >= 15 is 0 Å². The van der Waals surface area contributed by atoms with Crippen molar-refractivity contribution in [2.75, 3.05) is 12.4 Å². The van der Waals surface area contributed by atoms with E-state index in [1.807, 2.05) is 0 Å². The Morgan fingerprint density at radius 2 is 2.11 bits per heavy atom. The molecule has 5 nitrogen and oxygen atoms in total. The van der Waals surface area contributed by atoms with Crippen molar-refractivity contribution < 1.29 is 19.4 Å². The van der Waals surface area contributed by atoms with Gasteiger partial charge in [-0.2, -0.15) is 0 Å². The van der Waals surface area contributed by atoms with Crippen molar-refractivity contribution in [1.29, 1.82) is 0 Å². The number of amides is 1. The molecule has 0 heterocycles. The topological polar surface area (TPSA) is 75.6 Å². The standard InChI is InChI=1S/C12H12ClNO4/c1-18-9-3-2-7(13)6-8(9)14-10(15)12(4-5-12)11(16)17/h2-3,6H,4-5H2,1H3,(H,14,15)(H,16,17). The number of carbonyl (C=O) groups excluding carboxylic acids is 1. The van der Waals surface area contributed by atoms with Crippen LogP contribution in [0.2, 0.25) is 5.02 Å². The zero-order valence-electron chi connectivity index (χ0n) is 9.70. The van der Waals surface area contributed by atoms with Gasteiger partial charge in [0.15, 0.2) is 0 Å². The maximum atomic E-state index is 11.9. The summed E-state index contributed by atoms with van der Waals surface area (Å²) in [7, 11) is 1.46. The molecule has 2 N–H and O–H groups in total. The van der Waals surface area contributed by atoms with Crippen LogP contribution in [0, 0.1) is 5.41 Å². The number of anilines is 1. The Bertz CT molecular complexity index is 511. The van der Waals surface area contributed by atoms with Crippen molar-refractivity contribution in [1.82, 2.24) is 0 Å². The third-order valence-electron chi connectivity index (χ3n) is 3.00. The first-order valence-corrected chi connectivity index (χ1v) is 5.76. The van der Waals surface area contributed by atoms with Crippen LogP contribution in [0.4, 0.5) is 5.69 Å². The molecule has 1 amide bonds. The molecule has 96 valence electrons. The number of rotatable bonds is 4. The van der Waals surface area contributed by atoms with Gasteiger partial charge in [0.2, 0.25) is 5.91 Å². The number of carboxylic acid groups (broad SMARTS) is 1. The predicted molar refractivity (Wildman–Crippen MR) is 65.9 cm³/mol. The zero-order valence-corrected chi connectivity index (χ0v) is 10.5. The van der Waals surface area contributed by atoms with E-state index in [0.29, 0.717) is 29.3 Å². The van der Waals surface area contributed by atoms with Crippen molar-refractivity contribution in [3.63, 3.8) is 0 Å². The minimum atomic E-state index is -1.28. The van der Waals surface area contributed by atoms with Crippen LogP contribution < -0.4 is 10.1 Å². The molecule has 0 bridgehead atoms. The molecule has 1 aromatic carbocycles. The SMILES string of the molecule is COc1ccc(Cl)cc1NC(=O)C1(C(=O)O)CC1. The molecule has 1 aromatic rings. The van der Waals surface area contributed by atoms with E-state index in [1.165, 1.54) is 13.2 Å². The number of methoxy groups -OCH3 is 1. The van der Waals surface area contributed by atoms with Gasteiger partial charge in [-0.15, -0.1) is 0 Å². The second-order valence-corrected chi connectivity index (χ2v) is 4.62. The lowest BCUT2D eigenvalue weighted by Gasteiger charge is -2.13. The molecule has 0 aromatic heterocycles. The highest BCUT2D eigenvalue weighted by Crippen LogP contribution is 2.47. The Balaban J connectivity index is 2.22. The third kappa shape index (κ3) is 2.13. The zero-order chi connectivity index (χ0) is 13.3. The molecule has 0 saturated heterocycles. The monoisotopic (exact) mass is 269 g/mol. The lowest BCUT2D eigenvalue weighted by atomic mass is 10.1. The molecule has 18 heavy (non-hydrogen) atoms. The molecular formula is C12H12ClNO4. The van der Waals surface area contributed by atoms with Gasteiger partial charge in [-0.3, -0.25) is 9.59 Å². The second-order valence-electron chi connectivity index (χ2n) is 4.19. The molecule has 6 heteroatoms. The van der Waals surface area contributed by atoms with Gasteiger partial charge >= 0.3 is 5.97 Å². The summed E-state index contributed by atoms with van der Waals surface area (Å²) in [6, 6.07) is 4.76. The van der Waals surface area contributed by atoms with Gasteiger partial charge in [-0.1, -0.05) is 11.6 Å². The first kappa shape index (κ1) is 12.7. The predicted octanol–water partition coefficient (Wildman–Crippen LogP) is 2.15. The lowest BCUT2D eigenvalue weighted by molar-refractivity contribution is -0.147. The fourth-order valence-corrected chi connectivity index (χ4v) is 1.85. The number of nitrogens with one attached hydrogen (secondary N) is 1. The van der Waals surface area contributed by atoms with E-state index in [2.05, 4.69) is 5.32 Å². The number of hydrogen-bond acceptors (Lipinski definition) is 3. The van der Waals surface area contributed by atoms with Crippen LogP contribution in [0.5, 0.6) is 5.75 Å². The maximum Gasteiger partial charge on any atom is 0.319 e. The van der Waals surface area contributed by atoms with Crippen molar-refractivity contribution in [2.24, 2.45) is 5.41 Å². The van der Waals surface area contributed by atoms with Gasteiger partial charge in [0.1, 0.15) is 11.2 Å². The number of carbonyl (C=O) groups is 2. The molecule has 1 fully saturated rings. The van der Waals surface area contributed by atoms with Gasteiger partial charge in [-0.25, -0.2) is 0 Å². The van der Waals surface area contributed by atoms with Crippen molar-refractivity contribution in [3.05, 3.63) is 23.2 Å². The van der Waals surface area contributed by atoms with Crippen molar-refractivity contribution in [3.8, 4) is 5.75 Å². The molecule has 0 atom stereocenters. The van der Waals surface area contributed by atoms with Gasteiger partial charge in [0.05, 0.1) is 12.8 Å². The minimum absolute atomic E-state index is 0.358. The number of hydrogen-bond donors (Lipinski definition) is 2. The van der Waals surface area contributed by atoms with E-state index in [4.69, 9.17) is 21.4 Å². The number of halogens is 1. The van der Waals surface area contributed by atoms with Crippen LogP contribution in [0.15, 0.2) is 18.2 Å². The summed E-state index contributed by atoms with van der Waals surface area (Å²) < 4.78 is 5.07. The Kier molecular flexibility index (Phi) is 3.17. The molecule has 0 unspecified atom stereocenters. The summed E-state index contributed by atoms with van der Waals surface area (Å²) in [6.45, 7) is 0. The summed E-state index contributed by atoms with van der Waals surface area (Å²) in [5.74, 6) is -1.19. The highest BCUT2D eigenvalue weighted by Gasteiger charge is 2.57. The Hall–Kier alpha value is -1.75. The minimum Gasteiger partial charge on any atom is -0.495 e. The van der Waals surface area contributed by atoms with Crippen LogP contribution in [0.25, 0.3) is 0 Å². The highest BCUT2D eigenvalue weighted by molar-refractivity contribution is 6.31. The number of aliphatic carboxylic acids is 1. The van der Waals surface area contributed by atoms with Gasteiger partial charge in [0.25, 0.3) is 0 Å². The van der Waals surface area contributed by atoms with E-state index in [0.717, 1.165) is 0 Å². The van der Waals surface area contributed by atoms with Crippen LogP contribution in [-0.4, -0.2) is 24.1 Å². The summed E-state index contributed by atoms with van der Waals surface area (Å²) in [5.41, 5.74) is -0.907. The fourth-order valence-electron chi connectivity index (χ4n) is 1.68. The molecular weight excluding hydrogens is 258 g/mol. The molecule has 0 radical (unpaired) electrons. The fraction of sp³-hybridized carbons (Fsp3) is 0.333. The summed E-state index contributed by atoms with van der Waals surface area (Å²) in [4.78, 5) is 22.9. The molecule has 0 spiro atoms. The van der Waals surface area contributed by atoms with Crippen LogP contribution in [0.3, 0.4) is 0 Å². The third-order valence-corrected chi connectivity index (χ3v) is 3.24. The molecule has 1 aliphatic rings.